The van der Waals surface area contributed by atoms with E-state index >= 15 is 0 Å². The SMILES string of the molecule is CCC(C)(N)COC(=O)Oc1ccccc1. The number of hydrogen-bond donors (Lipinski definition) is 1. The maximum absolute atomic E-state index is 11.3. The van der Waals surface area contributed by atoms with Gasteiger partial charge in [-0.2, -0.15) is 0 Å². The number of carbonyl (C=O) groups is 1. The summed E-state index contributed by atoms with van der Waals surface area (Å²) < 4.78 is 9.85. The molecule has 1 atom stereocenters. The Bertz CT molecular complexity index is 335. The van der Waals surface area contributed by atoms with E-state index in [1.54, 1.807) is 24.3 Å². The first-order valence-corrected chi connectivity index (χ1v) is 5.22. The van der Waals surface area contributed by atoms with Crippen LogP contribution in [0.5, 0.6) is 5.75 Å². The van der Waals surface area contributed by atoms with E-state index in [0.29, 0.717) is 5.75 Å². The van der Waals surface area contributed by atoms with E-state index in [4.69, 9.17) is 15.2 Å². The molecule has 0 heterocycles. The molecule has 0 amide bonds. The van der Waals surface area contributed by atoms with Gasteiger partial charge in [0.25, 0.3) is 0 Å². The topological polar surface area (TPSA) is 61.5 Å². The van der Waals surface area contributed by atoms with Gasteiger partial charge >= 0.3 is 6.16 Å². The number of nitrogens with two attached hydrogens (primary N) is 1. The Morgan fingerprint density at radius 1 is 1.38 bits per heavy atom. The Morgan fingerprint density at radius 2 is 2.00 bits per heavy atom. The van der Waals surface area contributed by atoms with E-state index in [1.165, 1.54) is 0 Å². The quantitative estimate of drug-likeness (QED) is 0.628. The summed E-state index contributed by atoms with van der Waals surface area (Å²) in [5.41, 5.74) is 5.32. The molecule has 1 aromatic rings. The molecule has 0 saturated heterocycles. The van der Waals surface area contributed by atoms with Crippen LogP contribution in [0.25, 0.3) is 0 Å². The molecule has 0 fully saturated rings. The highest BCUT2D eigenvalue weighted by molar-refractivity contribution is 5.63. The van der Waals surface area contributed by atoms with Gasteiger partial charge in [-0.05, 0) is 25.5 Å². The fourth-order valence-electron chi connectivity index (χ4n) is 0.940. The third-order valence-electron chi connectivity index (χ3n) is 2.27. The van der Waals surface area contributed by atoms with Gasteiger partial charge in [0.15, 0.2) is 0 Å². The molecule has 0 aliphatic heterocycles. The molecule has 16 heavy (non-hydrogen) atoms. The van der Waals surface area contributed by atoms with Gasteiger partial charge in [-0.25, -0.2) is 4.79 Å². The van der Waals surface area contributed by atoms with Crippen molar-refractivity contribution < 1.29 is 14.3 Å². The van der Waals surface area contributed by atoms with Crippen LogP contribution in [-0.2, 0) is 4.74 Å². The minimum atomic E-state index is -0.726. The highest BCUT2D eigenvalue weighted by Gasteiger charge is 2.18. The molecule has 4 nitrogen and oxygen atoms in total. The highest BCUT2D eigenvalue weighted by Crippen LogP contribution is 2.10. The van der Waals surface area contributed by atoms with Crippen molar-refractivity contribution in [2.24, 2.45) is 5.73 Å². The first-order valence-electron chi connectivity index (χ1n) is 5.22. The lowest BCUT2D eigenvalue weighted by molar-refractivity contribution is 0.0787. The summed E-state index contributed by atoms with van der Waals surface area (Å²) in [5, 5.41) is 0. The first-order chi connectivity index (χ1) is 7.53. The molecular formula is C12H17NO3. The van der Waals surface area contributed by atoms with Crippen LogP contribution < -0.4 is 10.5 Å². The van der Waals surface area contributed by atoms with E-state index in [9.17, 15) is 4.79 Å². The van der Waals surface area contributed by atoms with E-state index in [-0.39, 0.29) is 6.61 Å². The molecule has 0 aromatic heterocycles. The van der Waals surface area contributed by atoms with Crippen LogP contribution in [0.15, 0.2) is 30.3 Å². The number of carbonyl (C=O) groups excluding carboxylic acids is 1. The van der Waals surface area contributed by atoms with Crippen LogP contribution in [-0.4, -0.2) is 18.3 Å². The Hall–Kier alpha value is -1.55. The molecule has 0 aliphatic carbocycles. The van der Waals surface area contributed by atoms with Crippen LogP contribution >= 0.6 is 0 Å². The second kappa shape index (κ2) is 5.51. The van der Waals surface area contributed by atoms with Gasteiger partial charge in [-0.1, -0.05) is 25.1 Å². The van der Waals surface area contributed by atoms with Gasteiger partial charge in [0.05, 0.1) is 0 Å². The van der Waals surface area contributed by atoms with Crippen molar-refractivity contribution >= 4 is 6.16 Å². The lowest BCUT2D eigenvalue weighted by Crippen LogP contribution is -2.41. The summed E-state index contributed by atoms with van der Waals surface area (Å²) in [6.45, 7) is 3.91. The minimum Gasteiger partial charge on any atom is -0.432 e. The Balaban J connectivity index is 2.38. The van der Waals surface area contributed by atoms with Gasteiger partial charge in [-0.15, -0.1) is 0 Å². The highest BCUT2D eigenvalue weighted by atomic mass is 16.7. The zero-order valence-electron chi connectivity index (χ0n) is 9.60. The molecular weight excluding hydrogens is 206 g/mol. The summed E-state index contributed by atoms with van der Waals surface area (Å²) in [6, 6.07) is 8.76. The standard InChI is InChI=1S/C12H17NO3/c1-3-12(2,13)9-15-11(14)16-10-7-5-4-6-8-10/h4-8H,3,9,13H2,1-2H3. The smallest absolute Gasteiger partial charge is 0.432 e. The molecule has 0 radical (unpaired) electrons. The predicted octanol–water partition coefficient (Wildman–Crippen LogP) is 2.33. The number of benzene rings is 1. The molecule has 2 N–H and O–H groups in total. The van der Waals surface area contributed by atoms with Crippen molar-refractivity contribution in [3.05, 3.63) is 30.3 Å². The molecule has 4 heteroatoms. The van der Waals surface area contributed by atoms with Crippen molar-refractivity contribution in [2.45, 2.75) is 25.8 Å². The van der Waals surface area contributed by atoms with E-state index in [0.717, 1.165) is 6.42 Å². The lowest BCUT2D eigenvalue weighted by atomic mass is 10.0. The summed E-state index contributed by atoms with van der Waals surface area (Å²) in [5.74, 6) is 0.461. The molecule has 0 spiro atoms. The van der Waals surface area contributed by atoms with Crippen molar-refractivity contribution in [3.63, 3.8) is 0 Å². The molecule has 0 saturated carbocycles. The van der Waals surface area contributed by atoms with E-state index in [2.05, 4.69) is 0 Å². The first kappa shape index (κ1) is 12.5. The fourth-order valence-corrected chi connectivity index (χ4v) is 0.940. The zero-order valence-corrected chi connectivity index (χ0v) is 9.60. The number of para-hydroxylation sites is 1. The number of ether oxygens (including phenoxy) is 2. The molecule has 1 rings (SSSR count). The van der Waals surface area contributed by atoms with Crippen LogP contribution in [0.1, 0.15) is 20.3 Å². The summed E-state index contributed by atoms with van der Waals surface area (Å²) in [7, 11) is 0. The summed E-state index contributed by atoms with van der Waals surface area (Å²) in [6.07, 6.45) is 0.00217. The zero-order chi connectivity index (χ0) is 12.0. The number of hydrogen-bond acceptors (Lipinski definition) is 4. The van der Waals surface area contributed by atoms with Gasteiger partial charge < -0.3 is 15.2 Å². The van der Waals surface area contributed by atoms with Crippen LogP contribution in [0.4, 0.5) is 4.79 Å². The third-order valence-corrected chi connectivity index (χ3v) is 2.27. The Labute approximate surface area is 95.3 Å². The molecule has 1 unspecified atom stereocenters. The second-order valence-electron chi connectivity index (χ2n) is 3.96. The maximum Gasteiger partial charge on any atom is 0.513 e. The van der Waals surface area contributed by atoms with Gasteiger partial charge in [-0.3, -0.25) is 0 Å². The normalized spacial score (nSPS) is 13.9. The monoisotopic (exact) mass is 223 g/mol. The van der Waals surface area contributed by atoms with Crippen LogP contribution in [0.2, 0.25) is 0 Å². The lowest BCUT2D eigenvalue weighted by Gasteiger charge is -2.21. The van der Waals surface area contributed by atoms with Gasteiger partial charge in [0.2, 0.25) is 0 Å². The average molecular weight is 223 g/mol. The van der Waals surface area contributed by atoms with Gasteiger partial charge in [0.1, 0.15) is 12.4 Å². The minimum absolute atomic E-state index is 0.148. The molecule has 0 aliphatic rings. The summed E-state index contributed by atoms with van der Waals surface area (Å²) >= 11 is 0. The number of rotatable bonds is 4. The van der Waals surface area contributed by atoms with Crippen molar-refractivity contribution in [1.29, 1.82) is 0 Å². The Kier molecular flexibility index (Phi) is 4.31. The summed E-state index contributed by atoms with van der Waals surface area (Å²) in [4.78, 5) is 11.3. The van der Waals surface area contributed by atoms with Crippen molar-refractivity contribution in [3.8, 4) is 5.75 Å². The van der Waals surface area contributed by atoms with Crippen LogP contribution in [0.3, 0.4) is 0 Å². The average Bonchev–Trinajstić information content (AvgIpc) is 2.28. The molecule has 88 valence electrons. The maximum atomic E-state index is 11.3. The largest absolute Gasteiger partial charge is 0.513 e. The van der Waals surface area contributed by atoms with Crippen LogP contribution in [0, 0.1) is 0 Å². The van der Waals surface area contributed by atoms with E-state index < -0.39 is 11.7 Å². The Morgan fingerprint density at radius 3 is 2.56 bits per heavy atom. The second-order valence-corrected chi connectivity index (χ2v) is 3.96. The van der Waals surface area contributed by atoms with E-state index in [1.807, 2.05) is 19.9 Å². The van der Waals surface area contributed by atoms with Crippen molar-refractivity contribution in [2.75, 3.05) is 6.61 Å². The molecule has 1 aromatic carbocycles. The third kappa shape index (κ3) is 4.31. The van der Waals surface area contributed by atoms with Gasteiger partial charge in [0, 0.05) is 5.54 Å². The fraction of sp³-hybridized carbons (Fsp3) is 0.417. The van der Waals surface area contributed by atoms with Crippen molar-refractivity contribution in [1.82, 2.24) is 0 Å². The molecule has 0 bridgehead atoms. The predicted molar refractivity (Wildman–Crippen MR) is 61.3 cm³/mol.